The number of thiazole rings is 1. The molecule has 4 aromatic rings. The van der Waals surface area contributed by atoms with E-state index < -0.39 is 22.6 Å². The van der Waals surface area contributed by atoms with Crippen LogP contribution in [-0.4, -0.2) is 59.7 Å². The van der Waals surface area contributed by atoms with Crippen LogP contribution in [0.5, 0.6) is 0 Å². The second-order valence-electron chi connectivity index (χ2n) is 9.00. The molecule has 1 aliphatic heterocycles. The molecule has 3 aromatic heterocycles. The zero-order valence-electron chi connectivity index (χ0n) is 20.4. The van der Waals surface area contributed by atoms with Gasteiger partial charge in [-0.2, -0.15) is 17.5 Å². The summed E-state index contributed by atoms with van der Waals surface area (Å²) in [5.41, 5.74) is 3.50. The van der Waals surface area contributed by atoms with Gasteiger partial charge in [-0.3, -0.25) is 4.40 Å². The highest BCUT2D eigenvalue weighted by molar-refractivity contribution is 7.88. The summed E-state index contributed by atoms with van der Waals surface area (Å²) in [7, 11) is -1.63. The molecule has 0 N–H and O–H groups in total. The molecule has 13 heteroatoms. The standard InChI is InChI=1S/C25H23ClF3N5O2S2/c1-32(24-31-21(15-37-24)17-3-6-19(26)7-4-17)23-20(13-25(27,28)29)30-22-8-5-18(14-34(22)23)16-9-11-33(12-10-16)38(2,35)36/h3-9,14-15H,10-13H2,1-2H3. The Balaban J connectivity index is 1.55. The number of rotatable bonds is 6. The Morgan fingerprint density at radius 1 is 1.11 bits per heavy atom. The first-order valence-corrected chi connectivity index (χ1v) is 14.7. The molecule has 0 saturated carbocycles. The van der Waals surface area contributed by atoms with Gasteiger partial charge in [0.25, 0.3) is 0 Å². The summed E-state index contributed by atoms with van der Waals surface area (Å²) in [6.07, 6.45) is -0.388. The molecule has 200 valence electrons. The van der Waals surface area contributed by atoms with Crippen molar-refractivity contribution >= 4 is 55.1 Å². The smallest absolute Gasteiger partial charge is 0.305 e. The first-order valence-electron chi connectivity index (χ1n) is 11.6. The number of nitrogens with zero attached hydrogens (tertiary/aromatic N) is 5. The van der Waals surface area contributed by atoms with E-state index in [1.807, 2.05) is 23.6 Å². The third kappa shape index (κ3) is 5.58. The van der Waals surface area contributed by atoms with Gasteiger partial charge < -0.3 is 4.90 Å². The fourth-order valence-corrected chi connectivity index (χ4v) is 6.11. The molecule has 1 aliphatic rings. The molecule has 0 radical (unpaired) electrons. The van der Waals surface area contributed by atoms with E-state index in [2.05, 4.69) is 9.97 Å². The van der Waals surface area contributed by atoms with Gasteiger partial charge in [0.2, 0.25) is 10.0 Å². The number of halogens is 4. The number of aromatic nitrogens is 3. The second kappa shape index (κ2) is 9.99. The van der Waals surface area contributed by atoms with Crippen LogP contribution in [0.2, 0.25) is 5.02 Å². The number of imidazole rings is 1. The minimum Gasteiger partial charge on any atom is -0.305 e. The van der Waals surface area contributed by atoms with Crippen molar-refractivity contribution in [2.24, 2.45) is 0 Å². The van der Waals surface area contributed by atoms with Crippen LogP contribution in [0, 0.1) is 0 Å². The maximum Gasteiger partial charge on any atom is 0.394 e. The maximum atomic E-state index is 13.5. The lowest BCUT2D eigenvalue weighted by atomic mass is 10.0. The highest BCUT2D eigenvalue weighted by atomic mass is 35.5. The number of anilines is 2. The molecule has 0 amide bonds. The third-order valence-electron chi connectivity index (χ3n) is 6.28. The minimum atomic E-state index is -4.45. The fourth-order valence-electron chi connectivity index (χ4n) is 4.41. The summed E-state index contributed by atoms with van der Waals surface area (Å²) >= 11 is 7.29. The van der Waals surface area contributed by atoms with E-state index in [1.54, 1.807) is 46.8 Å². The Morgan fingerprint density at radius 2 is 1.82 bits per heavy atom. The number of fused-ring (bicyclic) bond motifs is 1. The molecule has 4 heterocycles. The number of sulfonamides is 1. The van der Waals surface area contributed by atoms with Crippen molar-refractivity contribution in [3.63, 3.8) is 0 Å². The van der Waals surface area contributed by atoms with Gasteiger partial charge in [-0.15, -0.1) is 11.3 Å². The van der Waals surface area contributed by atoms with Gasteiger partial charge in [0, 0.05) is 42.3 Å². The van der Waals surface area contributed by atoms with Gasteiger partial charge in [-0.05, 0) is 41.8 Å². The molecule has 0 fully saturated rings. The van der Waals surface area contributed by atoms with Crippen molar-refractivity contribution in [2.75, 3.05) is 31.3 Å². The van der Waals surface area contributed by atoms with Gasteiger partial charge in [-0.1, -0.05) is 29.8 Å². The zero-order valence-corrected chi connectivity index (χ0v) is 22.8. The fraction of sp³-hybridized carbons (Fsp3) is 0.280. The molecule has 38 heavy (non-hydrogen) atoms. The highest BCUT2D eigenvalue weighted by Crippen LogP contribution is 2.36. The number of pyridine rings is 1. The van der Waals surface area contributed by atoms with Gasteiger partial charge in [-0.25, -0.2) is 18.4 Å². The summed E-state index contributed by atoms with van der Waals surface area (Å²) in [4.78, 5) is 10.6. The van der Waals surface area contributed by atoms with E-state index in [0.717, 1.165) is 16.7 Å². The van der Waals surface area contributed by atoms with Crippen LogP contribution in [0.3, 0.4) is 0 Å². The molecule has 7 nitrogen and oxygen atoms in total. The van der Waals surface area contributed by atoms with Gasteiger partial charge in [0.05, 0.1) is 24.1 Å². The van der Waals surface area contributed by atoms with Crippen molar-refractivity contribution < 1.29 is 21.6 Å². The molecule has 1 aromatic carbocycles. The minimum absolute atomic E-state index is 0.110. The van der Waals surface area contributed by atoms with Crippen LogP contribution >= 0.6 is 22.9 Å². The van der Waals surface area contributed by atoms with Gasteiger partial charge >= 0.3 is 6.18 Å². The van der Waals surface area contributed by atoms with Crippen LogP contribution in [0.1, 0.15) is 17.7 Å². The van der Waals surface area contributed by atoms with Gasteiger partial charge in [0.1, 0.15) is 11.5 Å². The van der Waals surface area contributed by atoms with E-state index >= 15 is 0 Å². The van der Waals surface area contributed by atoms with E-state index in [-0.39, 0.29) is 18.1 Å². The maximum absolute atomic E-state index is 13.5. The third-order valence-corrected chi connectivity index (χ3v) is 8.72. The molecule has 5 rings (SSSR count). The number of hydrogen-bond acceptors (Lipinski definition) is 6. The van der Waals surface area contributed by atoms with Crippen LogP contribution in [0.15, 0.2) is 54.1 Å². The average molecular weight is 582 g/mol. The number of alkyl halides is 3. The molecule has 0 bridgehead atoms. The summed E-state index contributed by atoms with van der Waals surface area (Å²) < 4.78 is 67.3. The topological polar surface area (TPSA) is 70.8 Å². The summed E-state index contributed by atoms with van der Waals surface area (Å²) in [6, 6.07) is 10.6. The molecule has 0 aliphatic carbocycles. The number of benzene rings is 1. The zero-order chi connectivity index (χ0) is 27.2. The highest BCUT2D eigenvalue weighted by Gasteiger charge is 2.33. The Morgan fingerprint density at radius 3 is 2.45 bits per heavy atom. The van der Waals surface area contributed by atoms with Crippen LogP contribution in [-0.2, 0) is 16.4 Å². The average Bonchev–Trinajstić information content (AvgIpc) is 3.47. The SMILES string of the molecule is CN(c1nc(-c2ccc(Cl)cc2)cs1)c1c(CC(F)(F)F)nc2ccc(C3=CCN(S(C)(=O)=O)CC3)cn12. The van der Waals surface area contributed by atoms with Crippen LogP contribution < -0.4 is 4.90 Å². The Bertz CT molecular complexity index is 1630. The quantitative estimate of drug-likeness (QED) is 0.278. The van der Waals surface area contributed by atoms with Crippen LogP contribution in [0.4, 0.5) is 24.1 Å². The Kier molecular flexibility index (Phi) is 7.01. The Hall–Kier alpha value is -2.93. The lowest BCUT2D eigenvalue weighted by molar-refractivity contribution is -0.127. The first kappa shape index (κ1) is 26.7. The predicted octanol–water partition coefficient (Wildman–Crippen LogP) is 6.03. The predicted molar refractivity (Wildman–Crippen MR) is 145 cm³/mol. The second-order valence-corrected chi connectivity index (χ2v) is 12.3. The summed E-state index contributed by atoms with van der Waals surface area (Å²) in [5, 5.41) is 2.94. The van der Waals surface area contributed by atoms with E-state index in [0.29, 0.717) is 34.5 Å². The Labute approximate surface area is 226 Å². The van der Waals surface area contributed by atoms with Gasteiger partial charge in [0.15, 0.2) is 5.13 Å². The van der Waals surface area contributed by atoms with Crippen molar-refractivity contribution in [3.8, 4) is 11.3 Å². The molecular formula is C25H23ClF3N5O2S2. The van der Waals surface area contributed by atoms with Crippen molar-refractivity contribution in [3.05, 3.63) is 70.3 Å². The largest absolute Gasteiger partial charge is 0.394 e. The summed E-state index contributed by atoms with van der Waals surface area (Å²) in [5.74, 6) is 0.269. The monoisotopic (exact) mass is 581 g/mol. The molecule has 0 spiro atoms. The normalized spacial score (nSPS) is 15.2. The van der Waals surface area contributed by atoms with E-state index in [9.17, 15) is 21.6 Å². The molecular weight excluding hydrogens is 559 g/mol. The van der Waals surface area contributed by atoms with E-state index in [1.165, 1.54) is 21.9 Å². The lowest BCUT2D eigenvalue weighted by Crippen LogP contribution is -2.33. The summed E-state index contributed by atoms with van der Waals surface area (Å²) in [6.45, 7) is 0.583. The molecule has 0 unspecified atom stereocenters. The number of hydrogen-bond donors (Lipinski definition) is 0. The molecule has 0 atom stereocenters. The molecule has 0 saturated heterocycles. The van der Waals surface area contributed by atoms with E-state index in [4.69, 9.17) is 11.6 Å². The lowest BCUT2D eigenvalue weighted by Gasteiger charge is -2.24. The van der Waals surface area contributed by atoms with Crippen molar-refractivity contribution in [1.82, 2.24) is 18.7 Å². The van der Waals surface area contributed by atoms with Crippen molar-refractivity contribution in [2.45, 2.75) is 19.0 Å². The first-order chi connectivity index (χ1) is 17.9. The van der Waals surface area contributed by atoms with Crippen molar-refractivity contribution in [1.29, 1.82) is 0 Å². The van der Waals surface area contributed by atoms with Crippen LogP contribution in [0.25, 0.3) is 22.5 Å².